The first-order valence-corrected chi connectivity index (χ1v) is 4.11. The van der Waals surface area contributed by atoms with E-state index in [2.05, 4.69) is 18.7 Å². The molecule has 0 amide bonds. The average molecular weight is 162 g/mol. The lowest BCUT2D eigenvalue weighted by Gasteiger charge is -2.12. The predicted molar refractivity (Wildman–Crippen MR) is 48.0 cm³/mol. The zero-order valence-electron chi connectivity index (χ0n) is 7.51. The molecule has 0 aromatic heterocycles. The Balaban J connectivity index is 3.82. The van der Waals surface area contributed by atoms with E-state index >= 15 is 0 Å². The molecule has 0 heterocycles. The lowest BCUT2D eigenvalue weighted by molar-refractivity contribution is 0.533. The van der Waals surface area contributed by atoms with E-state index in [1.54, 1.807) is 0 Å². The third-order valence-electron chi connectivity index (χ3n) is 1.91. The van der Waals surface area contributed by atoms with E-state index in [-0.39, 0.29) is 0 Å². The summed E-state index contributed by atoms with van der Waals surface area (Å²) in [6, 6.07) is 4.21. The lowest BCUT2D eigenvalue weighted by Crippen LogP contribution is -2.00. The molecule has 0 saturated heterocycles. The van der Waals surface area contributed by atoms with Crippen LogP contribution in [0.1, 0.15) is 32.6 Å². The van der Waals surface area contributed by atoms with Crippen molar-refractivity contribution in [3.63, 3.8) is 0 Å². The highest BCUT2D eigenvalue weighted by molar-refractivity contribution is 4.98. The highest BCUT2D eigenvalue weighted by Crippen LogP contribution is 2.20. The fraction of sp³-hybridized carbons (Fsp3) is 0.600. The molecule has 0 aliphatic rings. The first-order chi connectivity index (χ1) is 5.72. The maximum atomic E-state index is 8.38. The summed E-state index contributed by atoms with van der Waals surface area (Å²) in [5.41, 5.74) is 1.08. The molecule has 0 spiro atoms. The zero-order chi connectivity index (χ0) is 9.40. The van der Waals surface area contributed by atoms with E-state index in [9.17, 15) is 0 Å². The molecule has 0 unspecified atom stereocenters. The van der Waals surface area contributed by atoms with Crippen LogP contribution in [-0.2, 0) is 0 Å². The summed E-state index contributed by atoms with van der Waals surface area (Å²) < 4.78 is 0. The predicted octanol–water partition coefficient (Wildman–Crippen LogP) is 2.79. The number of hydrogen-bond donors (Lipinski definition) is 0. The SMILES string of the molecule is C=C(C)C(CCC#N)CCC#N. The minimum atomic E-state index is 0.351. The van der Waals surface area contributed by atoms with Crippen molar-refractivity contribution in [1.82, 2.24) is 0 Å². The van der Waals surface area contributed by atoms with Crippen LogP contribution in [-0.4, -0.2) is 0 Å². The first kappa shape index (κ1) is 10.7. The fourth-order valence-electron chi connectivity index (χ4n) is 1.11. The second-order valence-corrected chi connectivity index (χ2v) is 2.94. The van der Waals surface area contributed by atoms with Gasteiger partial charge >= 0.3 is 0 Å². The molecular weight excluding hydrogens is 148 g/mol. The molecule has 2 nitrogen and oxygen atoms in total. The molecule has 0 radical (unpaired) electrons. The molecule has 0 aliphatic carbocycles. The molecule has 0 rings (SSSR count). The molecule has 2 heteroatoms. The van der Waals surface area contributed by atoms with Crippen molar-refractivity contribution >= 4 is 0 Å². The lowest BCUT2D eigenvalue weighted by atomic mass is 9.92. The van der Waals surface area contributed by atoms with Gasteiger partial charge in [0.05, 0.1) is 12.1 Å². The molecule has 0 fully saturated rings. The maximum Gasteiger partial charge on any atom is 0.0621 e. The zero-order valence-corrected chi connectivity index (χ0v) is 7.51. The Kier molecular flexibility index (Phi) is 5.75. The van der Waals surface area contributed by atoms with Crippen molar-refractivity contribution in [2.45, 2.75) is 32.6 Å². The van der Waals surface area contributed by atoms with Crippen LogP contribution in [0.25, 0.3) is 0 Å². The van der Waals surface area contributed by atoms with E-state index in [0.29, 0.717) is 18.8 Å². The molecule has 0 saturated carbocycles. The van der Waals surface area contributed by atoms with Crippen LogP contribution in [0.3, 0.4) is 0 Å². The van der Waals surface area contributed by atoms with Gasteiger partial charge in [0.25, 0.3) is 0 Å². The Morgan fingerprint density at radius 1 is 1.25 bits per heavy atom. The van der Waals surface area contributed by atoms with Crippen molar-refractivity contribution < 1.29 is 0 Å². The molecule has 0 atom stereocenters. The van der Waals surface area contributed by atoms with Gasteiger partial charge in [-0.1, -0.05) is 12.2 Å². The van der Waals surface area contributed by atoms with Gasteiger partial charge in [0.15, 0.2) is 0 Å². The van der Waals surface area contributed by atoms with Crippen LogP contribution in [0.2, 0.25) is 0 Å². The maximum absolute atomic E-state index is 8.38. The summed E-state index contributed by atoms with van der Waals surface area (Å²) >= 11 is 0. The summed E-state index contributed by atoms with van der Waals surface area (Å²) in [6.45, 7) is 5.80. The summed E-state index contributed by atoms with van der Waals surface area (Å²) in [5.74, 6) is 0.351. The van der Waals surface area contributed by atoms with E-state index in [4.69, 9.17) is 10.5 Å². The van der Waals surface area contributed by atoms with Gasteiger partial charge in [-0.3, -0.25) is 0 Å². The summed E-state index contributed by atoms with van der Waals surface area (Å²) in [5, 5.41) is 16.8. The second kappa shape index (κ2) is 6.43. The Morgan fingerprint density at radius 2 is 1.67 bits per heavy atom. The van der Waals surface area contributed by atoms with Gasteiger partial charge in [-0.25, -0.2) is 0 Å². The number of rotatable bonds is 5. The highest BCUT2D eigenvalue weighted by atomic mass is 14.3. The summed E-state index contributed by atoms with van der Waals surface area (Å²) in [6.07, 6.45) is 2.80. The number of nitrogens with zero attached hydrogens (tertiary/aromatic N) is 2. The van der Waals surface area contributed by atoms with Crippen LogP contribution >= 0.6 is 0 Å². The minimum Gasteiger partial charge on any atom is -0.198 e. The van der Waals surface area contributed by atoms with Crippen LogP contribution in [0.5, 0.6) is 0 Å². The van der Waals surface area contributed by atoms with Gasteiger partial charge < -0.3 is 0 Å². The third kappa shape index (κ3) is 4.52. The molecule has 0 N–H and O–H groups in total. The molecule has 0 aromatic rings. The van der Waals surface area contributed by atoms with Crippen molar-refractivity contribution in [2.75, 3.05) is 0 Å². The molecule has 0 bridgehead atoms. The van der Waals surface area contributed by atoms with Crippen LogP contribution in [0.4, 0.5) is 0 Å². The van der Waals surface area contributed by atoms with Crippen molar-refractivity contribution in [3.05, 3.63) is 12.2 Å². The standard InChI is InChI=1S/C10H14N2/c1-9(2)10(5-3-7-11)6-4-8-12/h10H,1,3-6H2,2H3. The third-order valence-corrected chi connectivity index (χ3v) is 1.91. The highest BCUT2D eigenvalue weighted by Gasteiger charge is 2.07. The molecule has 0 aromatic carbocycles. The molecule has 0 aliphatic heterocycles. The van der Waals surface area contributed by atoms with E-state index < -0.39 is 0 Å². The molecule has 12 heavy (non-hydrogen) atoms. The topological polar surface area (TPSA) is 47.6 Å². The Bertz CT molecular complexity index is 199. The average Bonchev–Trinajstić information content (AvgIpc) is 2.04. The van der Waals surface area contributed by atoms with Crippen LogP contribution in [0, 0.1) is 28.6 Å². The van der Waals surface area contributed by atoms with Crippen molar-refractivity contribution in [1.29, 1.82) is 10.5 Å². The van der Waals surface area contributed by atoms with Gasteiger partial charge in [0.2, 0.25) is 0 Å². The van der Waals surface area contributed by atoms with Gasteiger partial charge in [-0.2, -0.15) is 10.5 Å². The number of nitriles is 2. The monoisotopic (exact) mass is 162 g/mol. The smallest absolute Gasteiger partial charge is 0.0621 e. The van der Waals surface area contributed by atoms with Crippen molar-refractivity contribution in [3.8, 4) is 12.1 Å². The quantitative estimate of drug-likeness (QED) is 0.583. The normalized spacial score (nSPS) is 9.00. The van der Waals surface area contributed by atoms with Crippen LogP contribution < -0.4 is 0 Å². The Morgan fingerprint density at radius 3 is 1.92 bits per heavy atom. The van der Waals surface area contributed by atoms with Gasteiger partial charge in [0.1, 0.15) is 0 Å². The Hall–Kier alpha value is -1.28. The van der Waals surface area contributed by atoms with Gasteiger partial charge in [-0.05, 0) is 25.7 Å². The largest absolute Gasteiger partial charge is 0.198 e. The number of hydrogen-bond acceptors (Lipinski definition) is 2. The summed E-state index contributed by atoms with van der Waals surface area (Å²) in [7, 11) is 0. The van der Waals surface area contributed by atoms with Crippen LogP contribution in [0.15, 0.2) is 12.2 Å². The van der Waals surface area contributed by atoms with Gasteiger partial charge in [-0.15, -0.1) is 0 Å². The number of allylic oxidation sites excluding steroid dienone is 1. The molecule has 64 valence electrons. The molecular formula is C10H14N2. The first-order valence-electron chi connectivity index (χ1n) is 4.11. The summed E-state index contributed by atoms with van der Waals surface area (Å²) in [4.78, 5) is 0. The van der Waals surface area contributed by atoms with Crippen molar-refractivity contribution in [2.24, 2.45) is 5.92 Å². The van der Waals surface area contributed by atoms with E-state index in [1.807, 2.05) is 6.92 Å². The fourth-order valence-corrected chi connectivity index (χ4v) is 1.11. The second-order valence-electron chi connectivity index (χ2n) is 2.94. The Labute approximate surface area is 74.1 Å². The van der Waals surface area contributed by atoms with E-state index in [0.717, 1.165) is 18.4 Å². The van der Waals surface area contributed by atoms with E-state index in [1.165, 1.54) is 0 Å². The van der Waals surface area contributed by atoms with Gasteiger partial charge in [0, 0.05) is 12.8 Å². The minimum absolute atomic E-state index is 0.351.